The number of nitrogens with zero attached hydrogens (tertiary/aromatic N) is 1. The summed E-state index contributed by atoms with van der Waals surface area (Å²) >= 11 is 1.56. The number of hydrogen-bond donors (Lipinski definition) is 1. The maximum absolute atomic E-state index is 10.7. The molecule has 0 saturated carbocycles. The van der Waals surface area contributed by atoms with Crippen LogP contribution < -0.4 is 5.32 Å². The van der Waals surface area contributed by atoms with Gasteiger partial charge in [0.2, 0.25) is 0 Å². The summed E-state index contributed by atoms with van der Waals surface area (Å²) in [5.41, 5.74) is 0. The molecule has 4 heteroatoms. The largest absolute Gasteiger partial charge is 0.315 e. The van der Waals surface area contributed by atoms with E-state index in [0.29, 0.717) is 6.54 Å². The van der Waals surface area contributed by atoms with Crippen LogP contribution in [-0.4, -0.2) is 29.6 Å². The van der Waals surface area contributed by atoms with Gasteiger partial charge in [-0.3, -0.25) is 4.98 Å². The minimum atomic E-state index is -0.0163. The van der Waals surface area contributed by atoms with Crippen LogP contribution >= 0.6 is 11.8 Å². The molecule has 1 rings (SSSR count). The summed E-state index contributed by atoms with van der Waals surface area (Å²) in [6, 6.07) is 3.82. The second-order valence-electron chi connectivity index (χ2n) is 2.78. The molecular formula is C10H14N2OS. The van der Waals surface area contributed by atoms with Crippen molar-refractivity contribution in [1.82, 2.24) is 10.3 Å². The van der Waals surface area contributed by atoms with Crippen LogP contribution in [0.1, 0.15) is 6.92 Å². The highest BCUT2D eigenvalue weighted by atomic mass is 32.2. The van der Waals surface area contributed by atoms with E-state index in [1.165, 1.54) is 0 Å². The van der Waals surface area contributed by atoms with Gasteiger partial charge in [-0.25, -0.2) is 0 Å². The molecule has 0 spiro atoms. The summed E-state index contributed by atoms with van der Waals surface area (Å²) < 4.78 is 0. The van der Waals surface area contributed by atoms with Gasteiger partial charge in [-0.2, -0.15) is 0 Å². The van der Waals surface area contributed by atoms with Crippen molar-refractivity contribution >= 4 is 18.0 Å². The molecule has 1 aromatic rings. The number of nitrogens with one attached hydrogen (secondary N) is 1. The standard InChI is InChI=1S/C10H14N2OS/c1-2-11-7-10(8-13)14-9-3-5-12-6-4-9/h3-6,8,10-11H,2,7H2,1H3. The van der Waals surface area contributed by atoms with Crippen LogP contribution in [0.3, 0.4) is 0 Å². The molecule has 1 aromatic heterocycles. The van der Waals surface area contributed by atoms with Gasteiger partial charge in [0.05, 0.1) is 5.25 Å². The molecule has 1 atom stereocenters. The minimum absolute atomic E-state index is 0.0163. The lowest BCUT2D eigenvalue weighted by Gasteiger charge is -2.09. The molecule has 1 unspecified atom stereocenters. The molecule has 0 radical (unpaired) electrons. The van der Waals surface area contributed by atoms with Crippen molar-refractivity contribution in [2.45, 2.75) is 17.1 Å². The lowest BCUT2D eigenvalue weighted by Crippen LogP contribution is -2.25. The summed E-state index contributed by atoms with van der Waals surface area (Å²) in [4.78, 5) is 15.7. The monoisotopic (exact) mass is 210 g/mol. The molecule has 0 amide bonds. The lowest BCUT2D eigenvalue weighted by atomic mass is 10.4. The molecule has 76 valence electrons. The Kier molecular flexibility index (Phi) is 5.25. The summed E-state index contributed by atoms with van der Waals surface area (Å²) in [7, 11) is 0. The highest BCUT2D eigenvalue weighted by Gasteiger charge is 2.07. The maximum atomic E-state index is 10.7. The van der Waals surface area contributed by atoms with Gasteiger partial charge in [0.1, 0.15) is 6.29 Å². The van der Waals surface area contributed by atoms with Crippen molar-refractivity contribution in [2.24, 2.45) is 0 Å². The van der Waals surface area contributed by atoms with Crippen LogP contribution in [0.25, 0.3) is 0 Å². The second kappa shape index (κ2) is 6.56. The van der Waals surface area contributed by atoms with E-state index in [9.17, 15) is 4.79 Å². The van der Waals surface area contributed by atoms with E-state index in [1.54, 1.807) is 24.2 Å². The Morgan fingerprint density at radius 3 is 2.86 bits per heavy atom. The molecule has 0 saturated heterocycles. The molecule has 0 aliphatic heterocycles. The average Bonchev–Trinajstić information content (AvgIpc) is 2.25. The highest BCUT2D eigenvalue weighted by molar-refractivity contribution is 8.00. The number of carbonyl (C=O) groups is 1. The quantitative estimate of drug-likeness (QED) is 0.568. The van der Waals surface area contributed by atoms with E-state index in [4.69, 9.17) is 0 Å². The number of pyridine rings is 1. The first-order chi connectivity index (χ1) is 6.86. The Labute approximate surface area is 88.3 Å². The zero-order chi connectivity index (χ0) is 10.2. The smallest absolute Gasteiger partial charge is 0.134 e. The fourth-order valence-electron chi connectivity index (χ4n) is 0.996. The molecule has 3 nitrogen and oxygen atoms in total. The third-order valence-electron chi connectivity index (χ3n) is 1.68. The number of aromatic nitrogens is 1. The molecule has 0 fully saturated rings. The van der Waals surface area contributed by atoms with Gasteiger partial charge in [-0.05, 0) is 18.7 Å². The first kappa shape index (κ1) is 11.2. The molecule has 1 heterocycles. The third-order valence-corrected chi connectivity index (χ3v) is 2.81. The predicted octanol–water partition coefficient (Wildman–Crippen LogP) is 1.35. The molecule has 14 heavy (non-hydrogen) atoms. The van der Waals surface area contributed by atoms with Crippen LogP contribution in [0.5, 0.6) is 0 Å². The van der Waals surface area contributed by atoms with Crippen molar-refractivity contribution in [3.05, 3.63) is 24.5 Å². The summed E-state index contributed by atoms with van der Waals surface area (Å²) in [6.45, 7) is 3.63. The van der Waals surface area contributed by atoms with E-state index in [1.807, 2.05) is 19.1 Å². The Hall–Kier alpha value is -0.870. The maximum Gasteiger partial charge on any atom is 0.134 e. The summed E-state index contributed by atoms with van der Waals surface area (Å²) in [6.07, 6.45) is 4.45. The van der Waals surface area contributed by atoms with E-state index >= 15 is 0 Å². The molecule has 0 aromatic carbocycles. The highest BCUT2D eigenvalue weighted by Crippen LogP contribution is 2.20. The topological polar surface area (TPSA) is 42.0 Å². The summed E-state index contributed by atoms with van der Waals surface area (Å²) in [5, 5.41) is 3.14. The first-order valence-electron chi connectivity index (χ1n) is 4.59. The van der Waals surface area contributed by atoms with Crippen molar-refractivity contribution in [1.29, 1.82) is 0 Å². The number of aldehydes is 1. The third kappa shape index (κ3) is 3.89. The average molecular weight is 210 g/mol. The summed E-state index contributed by atoms with van der Waals surface area (Å²) in [5.74, 6) is 0. The fraction of sp³-hybridized carbons (Fsp3) is 0.400. The van der Waals surface area contributed by atoms with Crippen molar-refractivity contribution < 1.29 is 4.79 Å². The van der Waals surface area contributed by atoms with Crippen LogP contribution in [0.4, 0.5) is 0 Å². The van der Waals surface area contributed by atoms with Gasteiger partial charge in [-0.1, -0.05) is 6.92 Å². The molecular weight excluding hydrogens is 196 g/mol. The number of thioether (sulfide) groups is 1. The Balaban J connectivity index is 2.44. The normalized spacial score (nSPS) is 12.4. The van der Waals surface area contributed by atoms with E-state index < -0.39 is 0 Å². The fourth-order valence-corrected chi connectivity index (χ4v) is 1.88. The minimum Gasteiger partial charge on any atom is -0.315 e. The van der Waals surface area contributed by atoms with Crippen LogP contribution in [-0.2, 0) is 4.79 Å². The van der Waals surface area contributed by atoms with Gasteiger partial charge in [0.15, 0.2) is 0 Å². The van der Waals surface area contributed by atoms with E-state index in [0.717, 1.165) is 17.7 Å². The zero-order valence-corrected chi connectivity index (χ0v) is 8.96. The zero-order valence-electron chi connectivity index (χ0n) is 8.14. The first-order valence-corrected chi connectivity index (χ1v) is 5.47. The van der Waals surface area contributed by atoms with Gasteiger partial charge < -0.3 is 10.1 Å². The van der Waals surface area contributed by atoms with Gasteiger partial charge in [-0.15, -0.1) is 11.8 Å². The number of hydrogen-bond acceptors (Lipinski definition) is 4. The van der Waals surface area contributed by atoms with Crippen molar-refractivity contribution in [2.75, 3.05) is 13.1 Å². The van der Waals surface area contributed by atoms with Gasteiger partial charge in [0.25, 0.3) is 0 Å². The van der Waals surface area contributed by atoms with Crippen LogP contribution in [0, 0.1) is 0 Å². The Bertz CT molecular complexity index is 266. The molecule has 0 bridgehead atoms. The number of rotatable bonds is 6. The van der Waals surface area contributed by atoms with E-state index in [-0.39, 0.29) is 5.25 Å². The lowest BCUT2D eigenvalue weighted by molar-refractivity contribution is -0.107. The van der Waals surface area contributed by atoms with Gasteiger partial charge in [0, 0.05) is 23.8 Å². The number of carbonyl (C=O) groups excluding carboxylic acids is 1. The van der Waals surface area contributed by atoms with Gasteiger partial charge >= 0.3 is 0 Å². The van der Waals surface area contributed by atoms with E-state index in [2.05, 4.69) is 10.3 Å². The van der Waals surface area contributed by atoms with Crippen LogP contribution in [0.2, 0.25) is 0 Å². The molecule has 0 aliphatic rings. The van der Waals surface area contributed by atoms with Crippen LogP contribution in [0.15, 0.2) is 29.4 Å². The second-order valence-corrected chi connectivity index (χ2v) is 4.10. The molecule has 1 N–H and O–H groups in total. The Morgan fingerprint density at radius 1 is 1.57 bits per heavy atom. The SMILES string of the molecule is CCNCC(C=O)Sc1ccncc1. The Morgan fingerprint density at radius 2 is 2.29 bits per heavy atom. The van der Waals surface area contributed by atoms with Crippen molar-refractivity contribution in [3.63, 3.8) is 0 Å². The predicted molar refractivity (Wildman–Crippen MR) is 58.5 cm³/mol. The molecule has 0 aliphatic carbocycles. The van der Waals surface area contributed by atoms with Crippen molar-refractivity contribution in [3.8, 4) is 0 Å².